The number of nitrogens with one attached hydrogen (secondary N) is 1. The van der Waals surface area contributed by atoms with Gasteiger partial charge in [-0.2, -0.15) is 0 Å². The van der Waals surface area contributed by atoms with Gasteiger partial charge in [0.05, 0.1) is 0 Å². The molecule has 0 aliphatic heterocycles. The fourth-order valence-electron chi connectivity index (χ4n) is 0.712. The Morgan fingerprint density at radius 2 is 2.18 bits per heavy atom. The standard InChI is InChI=1S/C7H8F2N2/c1-10-6-4-2-3-5(11-6)7(8)9/h2-4,7H,1H3,(H,10,11). The summed E-state index contributed by atoms with van der Waals surface area (Å²) in [7, 11) is 1.64. The van der Waals surface area contributed by atoms with E-state index in [1.54, 1.807) is 19.2 Å². The van der Waals surface area contributed by atoms with Gasteiger partial charge in [0.25, 0.3) is 6.43 Å². The molecule has 0 aliphatic rings. The number of aromatic nitrogens is 1. The van der Waals surface area contributed by atoms with Crippen LogP contribution in [0.2, 0.25) is 0 Å². The summed E-state index contributed by atoms with van der Waals surface area (Å²) in [6.07, 6.45) is -2.50. The summed E-state index contributed by atoms with van der Waals surface area (Å²) in [4.78, 5) is 3.63. The third-order valence-corrected chi connectivity index (χ3v) is 1.25. The smallest absolute Gasteiger partial charge is 0.280 e. The number of halogens is 2. The van der Waals surface area contributed by atoms with Gasteiger partial charge < -0.3 is 5.32 Å². The third-order valence-electron chi connectivity index (χ3n) is 1.25. The average Bonchev–Trinajstić information content (AvgIpc) is 2.05. The molecule has 1 aromatic heterocycles. The highest BCUT2D eigenvalue weighted by Gasteiger charge is 2.07. The minimum atomic E-state index is -2.50. The molecular formula is C7H8F2N2. The number of pyridine rings is 1. The van der Waals surface area contributed by atoms with E-state index in [4.69, 9.17) is 0 Å². The first-order valence-electron chi connectivity index (χ1n) is 3.17. The molecule has 0 aliphatic carbocycles. The number of anilines is 1. The molecular weight excluding hydrogens is 150 g/mol. The van der Waals surface area contributed by atoms with Crippen LogP contribution in [0.25, 0.3) is 0 Å². The fourth-order valence-corrected chi connectivity index (χ4v) is 0.712. The molecule has 0 unspecified atom stereocenters. The van der Waals surface area contributed by atoms with Crippen LogP contribution in [0.5, 0.6) is 0 Å². The zero-order chi connectivity index (χ0) is 8.27. The first-order valence-corrected chi connectivity index (χ1v) is 3.17. The Labute approximate surface area is 63.3 Å². The normalized spacial score (nSPS) is 10.2. The van der Waals surface area contributed by atoms with Gasteiger partial charge in [-0.05, 0) is 12.1 Å². The van der Waals surface area contributed by atoms with Gasteiger partial charge in [0.15, 0.2) is 0 Å². The molecule has 11 heavy (non-hydrogen) atoms. The summed E-state index contributed by atoms with van der Waals surface area (Å²) in [6, 6.07) is 4.47. The summed E-state index contributed by atoms with van der Waals surface area (Å²) in [5.41, 5.74) is -0.197. The Balaban J connectivity index is 2.91. The molecule has 0 bridgehead atoms. The lowest BCUT2D eigenvalue weighted by molar-refractivity contribution is 0.146. The number of alkyl halides is 2. The predicted octanol–water partition coefficient (Wildman–Crippen LogP) is 2.06. The highest BCUT2D eigenvalue weighted by molar-refractivity contribution is 5.34. The van der Waals surface area contributed by atoms with E-state index in [1.165, 1.54) is 6.07 Å². The molecule has 0 atom stereocenters. The number of hydrogen-bond acceptors (Lipinski definition) is 2. The zero-order valence-corrected chi connectivity index (χ0v) is 6.01. The van der Waals surface area contributed by atoms with E-state index in [-0.39, 0.29) is 5.69 Å². The number of rotatable bonds is 2. The Bertz CT molecular complexity index is 238. The summed E-state index contributed by atoms with van der Waals surface area (Å²) in [5, 5.41) is 2.68. The molecule has 0 saturated carbocycles. The van der Waals surface area contributed by atoms with E-state index >= 15 is 0 Å². The van der Waals surface area contributed by atoms with Crippen LogP contribution in [0.3, 0.4) is 0 Å². The van der Waals surface area contributed by atoms with Crippen LogP contribution in [0.4, 0.5) is 14.6 Å². The maximum Gasteiger partial charge on any atom is 0.280 e. The number of nitrogens with zero attached hydrogens (tertiary/aromatic N) is 1. The lowest BCUT2D eigenvalue weighted by Gasteiger charge is -2.01. The van der Waals surface area contributed by atoms with Crippen molar-refractivity contribution in [1.29, 1.82) is 0 Å². The Morgan fingerprint density at radius 3 is 2.73 bits per heavy atom. The summed E-state index contributed by atoms with van der Waals surface area (Å²) in [6.45, 7) is 0. The van der Waals surface area contributed by atoms with E-state index in [0.29, 0.717) is 5.82 Å². The van der Waals surface area contributed by atoms with Crippen molar-refractivity contribution in [3.8, 4) is 0 Å². The van der Waals surface area contributed by atoms with Crippen molar-refractivity contribution in [2.75, 3.05) is 12.4 Å². The van der Waals surface area contributed by atoms with Crippen molar-refractivity contribution in [1.82, 2.24) is 4.98 Å². The summed E-state index contributed by atoms with van der Waals surface area (Å²) < 4.78 is 24.0. The van der Waals surface area contributed by atoms with E-state index in [2.05, 4.69) is 10.3 Å². The first kappa shape index (κ1) is 7.91. The van der Waals surface area contributed by atoms with Gasteiger partial charge in [0, 0.05) is 7.05 Å². The van der Waals surface area contributed by atoms with Crippen LogP contribution in [-0.2, 0) is 0 Å². The molecule has 0 radical (unpaired) electrons. The molecule has 60 valence electrons. The largest absolute Gasteiger partial charge is 0.373 e. The van der Waals surface area contributed by atoms with Gasteiger partial charge in [-0.25, -0.2) is 13.8 Å². The molecule has 0 amide bonds. The SMILES string of the molecule is CNc1cccc(C(F)F)n1. The van der Waals surface area contributed by atoms with Gasteiger partial charge in [0.1, 0.15) is 11.5 Å². The molecule has 1 aromatic rings. The Hall–Kier alpha value is -1.19. The van der Waals surface area contributed by atoms with Crippen LogP contribution in [0.15, 0.2) is 18.2 Å². The minimum Gasteiger partial charge on any atom is -0.373 e. The average molecular weight is 158 g/mol. The van der Waals surface area contributed by atoms with Crippen molar-refractivity contribution >= 4 is 5.82 Å². The molecule has 0 spiro atoms. The van der Waals surface area contributed by atoms with Crippen LogP contribution in [-0.4, -0.2) is 12.0 Å². The maximum absolute atomic E-state index is 12.0. The second-order valence-electron chi connectivity index (χ2n) is 2.00. The van der Waals surface area contributed by atoms with Gasteiger partial charge >= 0.3 is 0 Å². The van der Waals surface area contributed by atoms with Crippen LogP contribution < -0.4 is 5.32 Å². The highest BCUT2D eigenvalue weighted by atomic mass is 19.3. The molecule has 1 rings (SSSR count). The summed E-state index contributed by atoms with van der Waals surface area (Å²) >= 11 is 0. The second kappa shape index (κ2) is 3.27. The van der Waals surface area contributed by atoms with E-state index in [9.17, 15) is 8.78 Å². The topological polar surface area (TPSA) is 24.9 Å². The maximum atomic E-state index is 12.0. The molecule has 1 heterocycles. The zero-order valence-electron chi connectivity index (χ0n) is 6.01. The third kappa shape index (κ3) is 1.86. The van der Waals surface area contributed by atoms with Crippen molar-refractivity contribution in [3.63, 3.8) is 0 Å². The van der Waals surface area contributed by atoms with E-state index in [0.717, 1.165) is 0 Å². The monoisotopic (exact) mass is 158 g/mol. The van der Waals surface area contributed by atoms with Gasteiger partial charge in [-0.3, -0.25) is 0 Å². The molecule has 0 saturated heterocycles. The molecule has 4 heteroatoms. The lowest BCUT2D eigenvalue weighted by atomic mass is 10.3. The second-order valence-corrected chi connectivity index (χ2v) is 2.00. The molecule has 2 nitrogen and oxygen atoms in total. The van der Waals surface area contributed by atoms with E-state index < -0.39 is 6.43 Å². The van der Waals surface area contributed by atoms with Gasteiger partial charge in [-0.15, -0.1) is 0 Å². The van der Waals surface area contributed by atoms with Gasteiger partial charge in [-0.1, -0.05) is 6.07 Å². The predicted molar refractivity (Wildman–Crippen MR) is 38.7 cm³/mol. The lowest BCUT2D eigenvalue weighted by Crippen LogP contribution is -1.95. The van der Waals surface area contributed by atoms with Gasteiger partial charge in [0.2, 0.25) is 0 Å². The van der Waals surface area contributed by atoms with Crippen LogP contribution in [0, 0.1) is 0 Å². The highest BCUT2D eigenvalue weighted by Crippen LogP contribution is 2.17. The Kier molecular flexibility index (Phi) is 2.36. The minimum absolute atomic E-state index is 0.197. The van der Waals surface area contributed by atoms with Crippen molar-refractivity contribution in [2.24, 2.45) is 0 Å². The van der Waals surface area contributed by atoms with Crippen molar-refractivity contribution in [2.45, 2.75) is 6.43 Å². The Morgan fingerprint density at radius 1 is 1.45 bits per heavy atom. The van der Waals surface area contributed by atoms with Crippen molar-refractivity contribution < 1.29 is 8.78 Å². The molecule has 1 N–H and O–H groups in total. The van der Waals surface area contributed by atoms with Crippen molar-refractivity contribution in [3.05, 3.63) is 23.9 Å². The van der Waals surface area contributed by atoms with Crippen LogP contribution in [0.1, 0.15) is 12.1 Å². The quantitative estimate of drug-likeness (QED) is 0.712. The van der Waals surface area contributed by atoms with Crippen LogP contribution >= 0.6 is 0 Å². The fraction of sp³-hybridized carbons (Fsp3) is 0.286. The number of hydrogen-bond donors (Lipinski definition) is 1. The molecule has 0 fully saturated rings. The first-order chi connectivity index (χ1) is 5.24. The van der Waals surface area contributed by atoms with E-state index in [1.807, 2.05) is 0 Å². The molecule has 0 aromatic carbocycles. The summed E-state index contributed by atoms with van der Waals surface area (Å²) in [5.74, 6) is 0.461.